The van der Waals surface area contributed by atoms with Crippen LogP contribution in [-0.2, 0) is 6.54 Å². The third-order valence-corrected chi connectivity index (χ3v) is 4.31. The highest BCUT2D eigenvalue weighted by Crippen LogP contribution is 2.27. The van der Waals surface area contributed by atoms with Gasteiger partial charge in [-0.3, -0.25) is 10.1 Å². The van der Waals surface area contributed by atoms with E-state index >= 15 is 0 Å². The smallest absolute Gasteiger partial charge is 0.274 e. The van der Waals surface area contributed by atoms with Crippen LogP contribution >= 0.6 is 15.9 Å². The fourth-order valence-corrected chi connectivity index (χ4v) is 2.60. The summed E-state index contributed by atoms with van der Waals surface area (Å²) in [4.78, 5) is 10.7. The summed E-state index contributed by atoms with van der Waals surface area (Å²) in [6.45, 7) is 6.37. The molecule has 110 valence electrons. The van der Waals surface area contributed by atoms with Gasteiger partial charge in [-0.2, -0.15) is 0 Å². The van der Waals surface area contributed by atoms with Crippen molar-refractivity contribution in [1.29, 1.82) is 0 Å². The van der Waals surface area contributed by atoms with Crippen LogP contribution in [-0.4, -0.2) is 4.92 Å². The van der Waals surface area contributed by atoms with E-state index in [1.54, 1.807) is 13.0 Å². The third kappa shape index (κ3) is 3.61. The summed E-state index contributed by atoms with van der Waals surface area (Å²) in [5.41, 5.74) is 4.93. The first-order valence-corrected chi connectivity index (χ1v) is 7.42. The van der Waals surface area contributed by atoms with Gasteiger partial charge in [-0.25, -0.2) is 0 Å². The Morgan fingerprint density at radius 3 is 2.43 bits per heavy atom. The van der Waals surface area contributed by atoms with Crippen molar-refractivity contribution in [2.75, 3.05) is 5.32 Å². The maximum absolute atomic E-state index is 11.0. The van der Waals surface area contributed by atoms with Crippen LogP contribution in [0.4, 0.5) is 11.4 Å². The van der Waals surface area contributed by atoms with Crippen molar-refractivity contribution in [2.45, 2.75) is 27.3 Å². The predicted octanol–water partition coefficient (Wildman–Crippen LogP) is 4.89. The van der Waals surface area contributed by atoms with E-state index in [9.17, 15) is 10.1 Å². The molecule has 0 heterocycles. The van der Waals surface area contributed by atoms with Crippen molar-refractivity contribution in [3.63, 3.8) is 0 Å². The lowest BCUT2D eigenvalue weighted by Crippen LogP contribution is -2.03. The number of benzene rings is 2. The average molecular weight is 349 g/mol. The van der Waals surface area contributed by atoms with Crippen molar-refractivity contribution >= 4 is 27.3 Å². The number of nitro groups is 1. The van der Waals surface area contributed by atoms with Crippen LogP contribution in [0.5, 0.6) is 0 Å². The number of hydrogen-bond donors (Lipinski definition) is 1. The largest absolute Gasteiger partial charge is 0.381 e. The first kappa shape index (κ1) is 15.5. The summed E-state index contributed by atoms with van der Waals surface area (Å²) < 4.78 is 1.06. The summed E-state index contributed by atoms with van der Waals surface area (Å²) in [5, 5.41) is 14.3. The lowest BCUT2D eigenvalue weighted by molar-refractivity contribution is -0.385. The fourth-order valence-electron chi connectivity index (χ4n) is 2.17. The summed E-state index contributed by atoms with van der Waals surface area (Å²) in [6, 6.07) is 9.59. The van der Waals surface area contributed by atoms with Gasteiger partial charge in [-0.15, -0.1) is 0 Å². The average Bonchev–Trinajstić information content (AvgIpc) is 2.41. The number of nitrogens with one attached hydrogen (secondary N) is 1. The van der Waals surface area contributed by atoms with E-state index in [1.807, 2.05) is 32.0 Å². The molecule has 0 unspecified atom stereocenters. The zero-order chi connectivity index (χ0) is 15.6. The molecule has 0 amide bonds. The van der Waals surface area contributed by atoms with Gasteiger partial charge in [-0.1, -0.05) is 28.1 Å². The standard InChI is InChI=1S/C16H17BrN2O2/c1-10-4-5-13(7-14(10)17)9-18-15-8-16(19(20)21)12(3)6-11(15)2/h4-8,18H,9H2,1-3H3. The third-order valence-electron chi connectivity index (χ3n) is 3.46. The fraction of sp³-hybridized carbons (Fsp3) is 0.250. The van der Waals surface area contributed by atoms with E-state index in [0.29, 0.717) is 12.1 Å². The lowest BCUT2D eigenvalue weighted by atomic mass is 10.1. The molecule has 0 aromatic heterocycles. The van der Waals surface area contributed by atoms with Crippen LogP contribution in [0.25, 0.3) is 0 Å². The molecule has 0 aliphatic carbocycles. The topological polar surface area (TPSA) is 55.2 Å². The molecule has 2 rings (SSSR count). The van der Waals surface area contributed by atoms with Crippen LogP contribution in [0.3, 0.4) is 0 Å². The van der Waals surface area contributed by atoms with Gasteiger partial charge in [0.1, 0.15) is 0 Å². The van der Waals surface area contributed by atoms with Crippen LogP contribution in [0.15, 0.2) is 34.8 Å². The van der Waals surface area contributed by atoms with Crippen LogP contribution in [0.1, 0.15) is 22.3 Å². The van der Waals surface area contributed by atoms with Gasteiger partial charge >= 0.3 is 0 Å². The molecule has 0 bridgehead atoms. The first-order chi connectivity index (χ1) is 9.88. The second-order valence-electron chi connectivity index (χ2n) is 5.15. The predicted molar refractivity (Wildman–Crippen MR) is 88.8 cm³/mol. The van der Waals surface area contributed by atoms with Crippen molar-refractivity contribution < 1.29 is 4.92 Å². The number of halogens is 1. The summed E-state index contributed by atoms with van der Waals surface area (Å²) in [7, 11) is 0. The Kier molecular flexibility index (Phi) is 4.63. The summed E-state index contributed by atoms with van der Waals surface area (Å²) >= 11 is 3.51. The molecule has 5 heteroatoms. The van der Waals surface area contributed by atoms with E-state index in [1.165, 1.54) is 5.56 Å². The zero-order valence-corrected chi connectivity index (χ0v) is 13.8. The Morgan fingerprint density at radius 1 is 1.10 bits per heavy atom. The molecule has 0 saturated heterocycles. The van der Waals surface area contributed by atoms with Gasteiger partial charge in [-0.05, 0) is 49.6 Å². The molecule has 0 fully saturated rings. The van der Waals surface area contributed by atoms with E-state index < -0.39 is 0 Å². The van der Waals surface area contributed by atoms with E-state index in [-0.39, 0.29) is 10.6 Å². The Hall–Kier alpha value is -1.88. The minimum atomic E-state index is -0.345. The van der Waals surface area contributed by atoms with E-state index in [0.717, 1.165) is 21.3 Å². The molecule has 2 aromatic rings. The highest BCUT2D eigenvalue weighted by atomic mass is 79.9. The van der Waals surface area contributed by atoms with Crippen molar-refractivity contribution in [3.05, 3.63) is 67.2 Å². The lowest BCUT2D eigenvalue weighted by Gasteiger charge is -2.11. The monoisotopic (exact) mass is 348 g/mol. The number of nitrogens with zero attached hydrogens (tertiary/aromatic N) is 1. The number of aryl methyl sites for hydroxylation is 3. The number of anilines is 1. The van der Waals surface area contributed by atoms with Crippen molar-refractivity contribution in [3.8, 4) is 0 Å². The Morgan fingerprint density at radius 2 is 1.81 bits per heavy atom. The van der Waals surface area contributed by atoms with Gasteiger partial charge < -0.3 is 5.32 Å². The molecule has 2 aromatic carbocycles. The maximum Gasteiger partial charge on any atom is 0.274 e. The van der Waals surface area contributed by atoms with Gasteiger partial charge in [0.05, 0.1) is 4.92 Å². The molecule has 1 N–H and O–H groups in total. The highest BCUT2D eigenvalue weighted by Gasteiger charge is 2.13. The Labute approximate surface area is 132 Å². The Bertz CT molecular complexity index is 699. The van der Waals surface area contributed by atoms with Crippen LogP contribution in [0.2, 0.25) is 0 Å². The number of nitro benzene ring substituents is 1. The molecular formula is C16H17BrN2O2. The summed E-state index contributed by atoms with van der Waals surface area (Å²) in [6.07, 6.45) is 0. The number of hydrogen-bond acceptors (Lipinski definition) is 3. The molecule has 0 radical (unpaired) electrons. The molecule has 0 saturated carbocycles. The highest BCUT2D eigenvalue weighted by molar-refractivity contribution is 9.10. The quantitative estimate of drug-likeness (QED) is 0.631. The minimum Gasteiger partial charge on any atom is -0.381 e. The molecule has 0 aliphatic rings. The van der Waals surface area contributed by atoms with Gasteiger partial charge in [0.15, 0.2) is 0 Å². The zero-order valence-electron chi connectivity index (χ0n) is 12.2. The van der Waals surface area contributed by atoms with Crippen LogP contribution < -0.4 is 5.32 Å². The molecule has 0 atom stereocenters. The molecule has 0 aliphatic heterocycles. The van der Waals surface area contributed by atoms with E-state index in [2.05, 4.69) is 27.3 Å². The molecular weight excluding hydrogens is 332 g/mol. The normalized spacial score (nSPS) is 10.5. The Balaban J connectivity index is 2.21. The molecule has 0 spiro atoms. The van der Waals surface area contributed by atoms with Crippen molar-refractivity contribution in [2.24, 2.45) is 0 Å². The summed E-state index contributed by atoms with van der Waals surface area (Å²) in [5.74, 6) is 0. The van der Waals surface area contributed by atoms with Gasteiger partial charge in [0.2, 0.25) is 0 Å². The minimum absolute atomic E-state index is 0.146. The van der Waals surface area contributed by atoms with Gasteiger partial charge in [0, 0.05) is 28.3 Å². The van der Waals surface area contributed by atoms with Crippen molar-refractivity contribution in [1.82, 2.24) is 0 Å². The van der Waals surface area contributed by atoms with Crippen LogP contribution in [0, 0.1) is 30.9 Å². The number of rotatable bonds is 4. The molecule has 21 heavy (non-hydrogen) atoms. The first-order valence-electron chi connectivity index (χ1n) is 6.63. The SMILES string of the molecule is Cc1ccc(CNc2cc([N+](=O)[O-])c(C)cc2C)cc1Br. The second-order valence-corrected chi connectivity index (χ2v) is 6.00. The second kappa shape index (κ2) is 6.26. The maximum atomic E-state index is 11.0. The van der Waals surface area contributed by atoms with Gasteiger partial charge in [0.25, 0.3) is 5.69 Å². The molecule has 4 nitrogen and oxygen atoms in total. The van der Waals surface area contributed by atoms with E-state index in [4.69, 9.17) is 0 Å².